The zero-order valence-electron chi connectivity index (χ0n) is 17.8. The summed E-state index contributed by atoms with van der Waals surface area (Å²) in [5.74, 6) is 0.458. The molecule has 5 nitrogen and oxygen atoms in total. The number of amides is 1. The van der Waals surface area contributed by atoms with Crippen molar-refractivity contribution in [3.63, 3.8) is 0 Å². The Hall–Kier alpha value is -2.44. The number of nitrogens with two attached hydrogens (primary N) is 1. The van der Waals surface area contributed by atoms with Gasteiger partial charge in [-0.15, -0.1) is 0 Å². The molecule has 162 valence electrons. The Labute approximate surface area is 178 Å². The first-order chi connectivity index (χ1) is 14.5. The summed E-state index contributed by atoms with van der Waals surface area (Å²) in [4.78, 5) is 11.8. The summed E-state index contributed by atoms with van der Waals surface area (Å²) in [5.41, 5.74) is 8.77. The van der Waals surface area contributed by atoms with Crippen molar-refractivity contribution in [3.05, 3.63) is 65.0 Å². The normalized spacial score (nSPS) is 19.5. The Kier molecular flexibility index (Phi) is 7.82. The Morgan fingerprint density at radius 1 is 1.23 bits per heavy atom. The van der Waals surface area contributed by atoms with Gasteiger partial charge in [-0.1, -0.05) is 30.3 Å². The molecule has 1 amide bonds. The van der Waals surface area contributed by atoms with Crippen LogP contribution in [0.1, 0.15) is 54.8 Å². The quantitative estimate of drug-likeness (QED) is 0.589. The van der Waals surface area contributed by atoms with E-state index in [1.807, 2.05) is 18.2 Å². The van der Waals surface area contributed by atoms with E-state index in [1.165, 1.54) is 18.7 Å². The maximum absolute atomic E-state index is 13.7. The molecule has 0 aliphatic heterocycles. The third kappa shape index (κ3) is 5.80. The van der Waals surface area contributed by atoms with Crippen molar-refractivity contribution in [1.82, 2.24) is 10.6 Å². The van der Waals surface area contributed by atoms with Crippen molar-refractivity contribution in [2.45, 2.75) is 50.6 Å². The highest BCUT2D eigenvalue weighted by Gasteiger charge is 2.27. The summed E-state index contributed by atoms with van der Waals surface area (Å²) < 4.78 is 18.8. The van der Waals surface area contributed by atoms with E-state index in [-0.39, 0.29) is 23.5 Å². The zero-order valence-corrected chi connectivity index (χ0v) is 17.8. The average molecular weight is 414 g/mol. The molecule has 3 atom stereocenters. The van der Waals surface area contributed by atoms with Crippen molar-refractivity contribution in [1.29, 1.82) is 0 Å². The van der Waals surface area contributed by atoms with E-state index in [0.29, 0.717) is 31.5 Å². The Bertz CT molecular complexity index is 841. The minimum Gasteiger partial charge on any atom is -0.494 e. The SMILES string of the molecule is COc1cc([C@@H](C)N[C@H]2CCC(c3ccc(CC(=O)NCCN)cc3)C2)ccc1F. The van der Waals surface area contributed by atoms with Gasteiger partial charge in [-0.2, -0.15) is 0 Å². The highest BCUT2D eigenvalue weighted by atomic mass is 19.1. The monoisotopic (exact) mass is 413 g/mol. The smallest absolute Gasteiger partial charge is 0.224 e. The number of nitrogens with one attached hydrogen (secondary N) is 2. The van der Waals surface area contributed by atoms with E-state index in [4.69, 9.17) is 10.5 Å². The fraction of sp³-hybridized carbons (Fsp3) is 0.458. The lowest BCUT2D eigenvalue weighted by Gasteiger charge is -2.21. The lowest BCUT2D eigenvalue weighted by molar-refractivity contribution is -0.120. The van der Waals surface area contributed by atoms with Crippen LogP contribution in [0.2, 0.25) is 0 Å². The first kappa shape index (κ1) is 22.2. The molecule has 0 radical (unpaired) electrons. The van der Waals surface area contributed by atoms with Gasteiger partial charge < -0.3 is 21.1 Å². The van der Waals surface area contributed by atoms with E-state index in [2.05, 4.69) is 29.7 Å². The minimum absolute atomic E-state index is 0.00439. The van der Waals surface area contributed by atoms with E-state index in [0.717, 1.165) is 30.4 Å². The van der Waals surface area contributed by atoms with Gasteiger partial charge >= 0.3 is 0 Å². The summed E-state index contributed by atoms with van der Waals surface area (Å²) in [7, 11) is 1.49. The zero-order chi connectivity index (χ0) is 21.5. The van der Waals surface area contributed by atoms with Crippen LogP contribution in [0.25, 0.3) is 0 Å². The number of rotatable bonds is 9. The Balaban J connectivity index is 1.53. The van der Waals surface area contributed by atoms with Crippen LogP contribution >= 0.6 is 0 Å². The molecule has 30 heavy (non-hydrogen) atoms. The highest BCUT2D eigenvalue weighted by Crippen LogP contribution is 2.36. The molecule has 0 bridgehead atoms. The molecule has 6 heteroatoms. The van der Waals surface area contributed by atoms with Crippen molar-refractivity contribution >= 4 is 5.91 Å². The molecule has 0 heterocycles. The lowest BCUT2D eigenvalue weighted by atomic mass is 9.95. The molecule has 1 unspecified atom stereocenters. The molecule has 0 saturated heterocycles. The number of benzene rings is 2. The van der Waals surface area contributed by atoms with Crippen LogP contribution in [0, 0.1) is 5.82 Å². The first-order valence-electron chi connectivity index (χ1n) is 10.6. The summed E-state index contributed by atoms with van der Waals surface area (Å²) in [5, 5.41) is 6.48. The number of halogens is 1. The second-order valence-electron chi connectivity index (χ2n) is 8.05. The van der Waals surface area contributed by atoms with Crippen molar-refractivity contribution in [2.24, 2.45) is 5.73 Å². The molecular weight excluding hydrogens is 381 g/mol. The molecule has 0 spiro atoms. The Morgan fingerprint density at radius 3 is 2.70 bits per heavy atom. The number of carbonyl (C=O) groups excluding carboxylic acids is 1. The van der Waals surface area contributed by atoms with E-state index < -0.39 is 0 Å². The van der Waals surface area contributed by atoms with Crippen LogP contribution in [0.4, 0.5) is 4.39 Å². The van der Waals surface area contributed by atoms with Gasteiger partial charge in [0, 0.05) is 25.2 Å². The molecule has 1 fully saturated rings. The number of hydrogen-bond donors (Lipinski definition) is 3. The number of ether oxygens (including phenoxy) is 1. The van der Waals surface area contributed by atoms with Gasteiger partial charge in [0.25, 0.3) is 0 Å². The molecule has 2 aromatic carbocycles. The predicted molar refractivity (Wildman–Crippen MR) is 117 cm³/mol. The van der Waals surface area contributed by atoms with Crippen molar-refractivity contribution in [2.75, 3.05) is 20.2 Å². The lowest BCUT2D eigenvalue weighted by Crippen LogP contribution is -2.30. The van der Waals surface area contributed by atoms with E-state index >= 15 is 0 Å². The first-order valence-corrected chi connectivity index (χ1v) is 10.6. The molecule has 4 N–H and O–H groups in total. The second kappa shape index (κ2) is 10.5. The van der Waals surface area contributed by atoms with Crippen LogP contribution in [0.5, 0.6) is 5.75 Å². The van der Waals surface area contributed by atoms with Crippen LogP contribution in [-0.4, -0.2) is 32.1 Å². The van der Waals surface area contributed by atoms with Gasteiger partial charge in [-0.3, -0.25) is 4.79 Å². The Morgan fingerprint density at radius 2 is 2.00 bits per heavy atom. The van der Waals surface area contributed by atoms with Gasteiger partial charge in [0.2, 0.25) is 5.91 Å². The highest BCUT2D eigenvalue weighted by molar-refractivity contribution is 5.78. The third-order valence-corrected chi connectivity index (χ3v) is 5.88. The van der Waals surface area contributed by atoms with Gasteiger partial charge in [-0.25, -0.2) is 4.39 Å². The maximum Gasteiger partial charge on any atom is 0.224 e. The van der Waals surface area contributed by atoms with E-state index in [1.54, 1.807) is 6.07 Å². The molecular formula is C24H32FN3O2. The topological polar surface area (TPSA) is 76.4 Å². The summed E-state index contributed by atoms with van der Waals surface area (Å²) in [6, 6.07) is 14.0. The summed E-state index contributed by atoms with van der Waals surface area (Å²) in [6.45, 7) is 3.07. The van der Waals surface area contributed by atoms with Gasteiger partial charge in [0.1, 0.15) is 0 Å². The minimum atomic E-state index is -0.338. The number of methoxy groups -OCH3 is 1. The van der Waals surface area contributed by atoms with Gasteiger partial charge in [0.05, 0.1) is 13.5 Å². The molecule has 0 aromatic heterocycles. The largest absolute Gasteiger partial charge is 0.494 e. The average Bonchev–Trinajstić information content (AvgIpc) is 3.21. The molecule has 1 saturated carbocycles. The second-order valence-corrected chi connectivity index (χ2v) is 8.05. The number of hydrogen-bond acceptors (Lipinski definition) is 4. The van der Waals surface area contributed by atoms with Crippen LogP contribution < -0.4 is 21.1 Å². The van der Waals surface area contributed by atoms with Crippen molar-refractivity contribution < 1.29 is 13.9 Å². The fourth-order valence-electron chi connectivity index (χ4n) is 4.20. The molecule has 1 aliphatic rings. The van der Waals surface area contributed by atoms with Gasteiger partial charge in [0.15, 0.2) is 11.6 Å². The fourth-order valence-corrected chi connectivity index (χ4v) is 4.20. The maximum atomic E-state index is 13.7. The van der Waals surface area contributed by atoms with Crippen molar-refractivity contribution in [3.8, 4) is 5.75 Å². The molecule has 1 aliphatic carbocycles. The predicted octanol–water partition coefficient (Wildman–Crippen LogP) is 3.44. The third-order valence-electron chi connectivity index (χ3n) is 5.88. The standard InChI is InChI=1S/C24H32FN3O2/c1-16(19-8-10-22(25)23(15-19)30-2)28-21-9-7-20(14-21)18-5-3-17(4-6-18)13-24(29)27-12-11-26/h3-6,8,10,15-16,20-21,28H,7,9,11-14,26H2,1-2H3,(H,27,29)/t16-,20?,21+/m1/s1. The summed E-state index contributed by atoms with van der Waals surface area (Å²) >= 11 is 0. The van der Waals surface area contributed by atoms with Crippen LogP contribution in [-0.2, 0) is 11.2 Å². The molecule has 2 aromatic rings. The van der Waals surface area contributed by atoms with Crippen LogP contribution in [0.15, 0.2) is 42.5 Å². The number of carbonyl (C=O) groups is 1. The van der Waals surface area contributed by atoms with E-state index in [9.17, 15) is 9.18 Å². The summed E-state index contributed by atoms with van der Waals surface area (Å²) in [6.07, 6.45) is 3.69. The molecule has 3 rings (SSSR count). The van der Waals surface area contributed by atoms with Gasteiger partial charge in [-0.05, 0) is 60.9 Å². The van der Waals surface area contributed by atoms with Crippen LogP contribution in [0.3, 0.4) is 0 Å².